The molecule has 19 atom stereocenters. The Balaban J connectivity index is 1.28. The highest BCUT2D eigenvalue weighted by Gasteiger charge is 2.71. The smallest absolute Gasteiger partial charge is 0.339 e. The maximum absolute atomic E-state index is 15.3. The van der Waals surface area contributed by atoms with Gasteiger partial charge in [-0.1, -0.05) is 47.1 Å². The highest BCUT2D eigenvalue weighted by atomic mass is 16.8. The molecule has 0 aromatic heterocycles. The molecule has 0 aromatic rings. The molecule has 0 bridgehead atoms. The normalized spacial score (nSPS) is 41.9. The molecule has 6 fully saturated rings. The van der Waals surface area contributed by atoms with Crippen molar-refractivity contribution in [3.8, 4) is 0 Å². The molecule has 2 aliphatic heterocycles. The van der Waals surface area contributed by atoms with Crippen molar-refractivity contribution in [3.63, 3.8) is 0 Å². The Hall–Kier alpha value is -4.99. The van der Waals surface area contributed by atoms with Crippen LogP contribution in [0.15, 0.2) is 11.6 Å². The topological polar surface area (TPSA) is 264 Å². The van der Waals surface area contributed by atoms with E-state index in [1.165, 1.54) is 7.11 Å². The molecule has 430 valence electrons. The van der Waals surface area contributed by atoms with Gasteiger partial charge in [-0.05, 0) is 110 Å². The van der Waals surface area contributed by atoms with Gasteiger partial charge in [0.1, 0.15) is 12.7 Å². The summed E-state index contributed by atoms with van der Waals surface area (Å²) >= 11 is 0. The van der Waals surface area contributed by atoms with Crippen LogP contribution in [0.3, 0.4) is 0 Å². The SMILES string of the molecule is COC(=O)[C@H]1O[C@@H](O[C@H]2[C@H](OC3CC[C@@]4(C)C(CC[C@]5(C)C4C(=O)C=C4C6C[C@@](C)(C(=O)OC)CC[C@]6(C)CC[C@]45C)C3(C)C)O[C@H](COC(C)=O)[C@@H](OC(C)=O)[C@@H]2OC(C)=O)[C@H](OC(C)=O)[C@@H](OC(C)=O)[C@@H]1OC(C)=O. The number of rotatable bonds is 13. The lowest BCUT2D eigenvalue weighted by Gasteiger charge is -2.70. The van der Waals surface area contributed by atoms with Crippen molar-refractivity contribution < 1.29 is 100.0 Å². The largest absolute Gasteiger partial charge is 0.469 e. The molecule has 7 rings (SSSR count). The summed E-state index contributed by atoms with van der Waals surface area (Å²) in [5, 5.41) is 0. The molecule has 77 heavy (non-hydrogen) atoms. The van der Waals surface area contributed by atoms with E-state index in [9.17, 15) is 38.4 Å². The van der Waals surface area contributed by atoms with E-state index in [0.717, 1.165) is 92.8 Å². The van der Waals surface area contributed by atoms with Crippen LogP contribution < -0.4 is 0 Å². The first-order valence-corrected chi connectivity index (χ1v) is 26.8. The number of esters is 8. The van der Waals surface area contributed by atoms with E-state index in [0.29, 0.717) is 19.3 Å². The number of fused-ring (bicyclic) bond motifs is 7. The van der Waals surface area contributed by atoms with Gasteiger partial charge < -0.3 is 56.8 Å². The van der Waals surface area contributed by atoms with Gasteiger partial charge >= 0.3 is 47.8 Å². The predicted molar refractivity (Wildman–Crippen MR) is 265 cm³/mol. The molecule has 2 heterocycles. The monoisotopic (exact) mass is 1090 g/mol. The van der Waals surface area contributed by atoms with Crippen LogP contribution in [-0.2, 0) is 100.0 Å². The number of ketones is 1. The van der Waals surface area contributed by atoms with Crippen LogP contribution in [0.25, 0.3) is 0 Å². The Labute approximate surface area is 450 Å². The van der Waals surface area contributed by atoms with Gasteiger partial charge in [-0.2, -0.15) is 0 Å². The molecule has 0 N–H and O–H groups in total. The van der Waals surface area contributed by atoms with Crippen molar-refractivity contribution in [2.24, 2.45) is 50.2 Å². The molecule has 21 nitrogen and oxygen atoms in total. The van der Waals surface area contributed by atoms with Crippen molar-refractivity contribution in [2.75, 3.05) is 20.8 Å². The third-order valence-corrected chi connectivity index (χ3v) is 19.3. The van der Waals surface area contributed by atoms with Crippen LogP contribution in [0.1, 0.15) is 148 Å². The van der Waals surface area contributed by atoms with Crippen molar-refractivity contribution in [2.45, 2.75) is 215 Å². The lowest BCUT2D eigenvalue weighted by atomic mass is 9.33. The Morgan fingerprint density at radius 1 is 0.584 bits per heavy atom. The van der Waals surface area contributed by atoms with E-state index in [2.05, 4.69) is 41.5 Å². The van der Waals surface area contributed by atoms with E-state index < -0.39 is 138 Å². The summed E-state index contributed by atoms with van der Waals surface area (Å²) in [6.07, 6.45) is -9.51. The molecule has 0 spiro atoms. The van der Waals surface area contributed by atoms with E-state index in [1.807, 2.05) is 13.0 Å². The van der Waals surface area contributed by atoms with Crippen molar-refractivity contribution >= 4 is 53.5 Å². The van der Waals surface area contributed by atoms with Gasteiger partial charge in [-0.3, -0.25) is 38.4 Å². The third-order valence-electron chi connectivity index (χ3n) is 19.3. The molecule has 0 radical (unpaired) electrons. The first kappa shape index (κ1) is 59.7. The van der Waals surface area contributed by atoms with E-state index in [1.54, 1.807) is 0 Å². The van der Waals surface area contributed by atoms with Gasteiger partial charge in [-0.25, -0.2) is 4.79 Å². The fourth-order valence-corrected chi connectivity index (χ4v) is 15.5. The molecule has 0 amide bonds. The van der Waals surface area contributed by atoms with Crippen molar-refractivity contribution in [1.29, 1.82) is 0 Å². The molecular formula is C56H80O21. The van der Waals surface area contributed by atoms with Gasteiger partial charge in [0.25, 0.3) is 0 Å². The molecule has 0 aromatic carbocycles. The molecular weight excluding hydrogens is 1010 g/mol. The number of hydrogen-bond donors (Lipinski definition) is 0. The summed E-state index contributed by atoms with van der Waals surface area (Å²) < 4.78 is 70.8. The van der Waals surface area contributed by atoms with E-state index in [-0.39, 0.29) is 40.3 Å². The Kier molecular flexibility index (Phi) is 17.0. The number of carbonyl (C=O) groups is 9. The minimum atomic E-state index is -1.96. The number of methoxy groups -OCH3 is 2. The number of allylic oxidation sites excluding steroid dienone is 2. The lowest BCUT2D eigenvalue weighted by Crippen LogP contribution is -2.69. The zero-order valence-electron chi connectivity index (χ0n) is 47.3. The minimum Gasteiger partial charge on any atom is -0.469 e. The Bertz CT molecular complexity index is 2400. The molecule has 4 unspecified atom stereocenters. The first-order valence-electron chi connectivity index (χ1n) is 26.8. The average molecular weight is 1090 g/mol. The minimum absolute atomic E-state index is 0.0241. The average Bonchev–Trinajstić information content (AvgIpc) is 3.36. The van der Waals surface area contributed by atoms with Crippen molar-refractivity contribution in [3.05, 3.63) is 11.6 Å². The van der Waals surface area contributed by atoms with Crippen LogP contribution >= 0.6 is 0 Å². The zero-order valence-corrected chi connectivity index (χ0v) is 47.3. The van der Waals surface area contributed by atoms with Crippen LogP contribution in [0, 0.1) is 50.2 Å². The van der Waals surface area contributed by atoms with Gasteiger partial charge in [-0.15, -0.1) is 0 Å². The number of hydrogen-bond acceptors (Lipinski definition) is 21. The summed E-state index contributed by atoms with van der Waals surface area (Å²) in [5.41, 5.74) is -1.67. The van der Waals surface area contributed by atoms with Crippen LogP contribution in [0.5, 0.6) is 0 Å². The lowest BCUT2D eigenvalue weighted by molar-refractivity contribution is -0.376. The van der Waals surface area contributed by atoms with E-state index >= 15 is 4.79 Å². The second kappa shape index (κ2) is 21.9. The van der Waals surface area contributed by atoms with Crippen molar-refractivity contribution in [1.82, 2.24) is 0 Å². The number of ether oxygens (including phenoxy) is 12. The molecule has 7 aliphatic rings. The fraction of sp³-hybridized carbons (Fsp3) is 0.804. The van der Waals surface area contributed by atoms with Crippen LogP contribution in [-0.4, -0.2) is 142 Å². The summed E-state index contributed by atoms with van der Waals surface area (Å²) in [6, 6.07) is 0. The highest BCUT2D eigenvalue weighted by molar-refractivity contribution is 5.96. The maximum atomic E-state index is 15.3. The quantitative estimate of drug-likeness (QED) is 0.121. The Morgan fingerprint density at radius 3 is 1.70 bits per heavy atom. The highest BCUT2D eigenvalue weighted by Crippen LogP contribution is 2.75. The second-order valence-electron chi connectivity index (χ2n) is 24.5. The van der Waals surface area contributed by atoms with Gasteiger partial charge in [0.05, 0.1) is 25.7 Å². The Morgan fingerprint density at radius 2 is 1.13 bits per heavy atom. The molecule has 21 heteroatoms. The second-order valence-corrected chi connectivity index (χ2v) is 24.5. The van der Waals surface area contributed by atoms with Gasteiger partial charge in [0.2, 0.25) is 6.29 Å². The standard InChI is InChI=1S/C56H80O21/c1-27(57)68-26-36-39(69-28(2)58)40(70-29(3)59)45(77-49-44(73-32(6)62)42(72-31(5)61)41(71-30(4)60)43(76-49)47(64)66-14)48(74-36)75-38-17-18-54(11)37(51(38,7)8)16-19-56(13)46(54)35(63)24-33-34-25-53(10,50(65)67-15)21-20-52(34,9)22-23-55(33,56)12/h24,34,36-46,48-49H,16-23,25-26H2,1-15H3/t34?,36-,37?,38?,39-,40+,41+,42+,43+,44-,45-,46?,48+,49+,52-,53+,54+,55-,56-/m1/s1. The fourth-order valence-electron chi connectivity index (χ4n) is 15.5. The molecule has 4 saturated carbocycles. The molecule has 2 saturated heterocycles. The first-order chi connectivity index (χ1) is 35.8. The third kappa shape index (κ3) is 10.9. The zero-order chi connectivity index (χ0) is 57.1. The summed E-state index contributed by atoms with van der Waals surface area (Å²) in [5.74, 6) is -7.02. The van der Waals surface area contributed by atoms with Crippen LogP contribution in [0.2, 0.25) is 0 Å². The molecule has 5 aliphatic carbocycles. The maximum Gasteiger partial charge on any atom is 0.339 e. The predicted octanol–water partition coefficient (Wildman–Crippen LogP) is 5.75. The summed E-state index contributed by atoms with van der Waals surface area (Å²) in [6.45, 7) is 21.2. The van der Waals surface area contributed by atoms with E-state index in [4.69, 9.17) is 56.8 Å². The summed E-state index contributed by atoms with van der Waals surface area (Å²) in [7, 11) is 2.46. The van der Waals surface area contributed by atoms with Gasteiger partial charge in [0, 0.05) is 47.5 Å². The summed E-state index contributed by atoms with van der Waals surface area (Å²) in [4.78, 5) is 119. The van der Waals surface area contributed by atoms with Gasteiger partial charge in [0.15, 0.2) is 54.8 Å². The van der Waals surface area contributed by atoms with Crippen LogP contribution in [0.4, 0.5) is 0 Å². The number of carbonyl (C=O) groups excluding carboxylic acids is 9.